The lowest BCUT2D eigenvalue weighted by molar-refractivity contribution is 0.357. The van der Waals surface area contributed by atoms with Crippen molar-refractivity contribution in [3.05, 3.63) is 33.9 Å². The van der Waals surface area contributed by atoms with E-state index in [0.717, 1.165) is 40.9 Å². The van der Waals surface area contributed by atoms with Gasteiger partial charge in [0.15, 0.2) is 5.82 Å². The van der Waals surface area contributed by atoms with Crippen molar-refractivity contribution in [2.24, 2.45) is 0 Å². The maximum Gasteiger partial charge on any atom is 0.161 e. The summed E-state index contributed by atoms with van der Waals surface area (Å²) >= 11 is 3.43. The van der Waals surface area contributed by atoms with Crippen LogP contribution in [0.25, 0.3) is 11.4 Å². The quantitative estimate of drug-likeness (QED) is 0.924. The average molecular weight is 320 g/mol. The Morgan fingerprint density at radius 1 is 1.37 bits per heavy atom. The Morgan fingerprint density at radius 3 is 3.00 bits per heavy atom. The Balaban J connectivity index is 2.09. The first-order chi connectivity index (χ1) is 9.19. The number of aromatic nitrogens is 2. The van der Waals surface area contributed by atoms with Crippen molar-refractivity contribution >= 4 is 21.7 Å². The van der Waals surface area contributed by atoms with Gasteiger partial charge in [-0.05, 0) is 46.1 Å². The predicted octanol–water partition coefficient (Wildman–Crippen LogP) is 2.99. The molecular formula is C14H14BrN3O. The van der Waals surface area contributed by atoms with Gasteiger partial charge in [-0.15, -0.1) is 0 Å². The number of ether oxygens (including phenoxy) is 1. The zero-order chi connectivity index (χ0) is 13.4. The van der Waals surface area contributed by atoms with E-state index in [2.05, 4.69) is 32.0 Å². The molecule has 19 heavy (non-hydrogen) atoms. The van der Waals surface area contributed by atoms with Crippen molar-refractivity contribution in [3.63, 3.8) is 0 Å². The molecule has 0 bridgehead atoms. The van der Waals surface area contributed by atoms with Crippen LogP contribution in [0, 0.1) is 0 Å². The predicted molar refractivity (Wildman–Crippen MR) is 78.2 cm³/mol. The molecule has 2 heterocycles. The summed E-state index contributed by atoms with van der Waals surface area (Å²) in [6.07, 6.45) is 1.75. The van der Waals surface area contributed by atoms with E-state index in [1.807, 2.05) is 19.1 Å². The summed E-state index contributed by atoms with van der Waals surface area (Å²) in [5, 5.41) is 0. The smallest absolute Gasteiger partial charge is 0.161 e. The Morgan fingerprint density at radius 2 is 2.21 bits per heavy atom. The number of anilines is 1. The fourth-order valence-corrected chi connectivity index (χ4v) is 2.66. The number of nitrogens with two attached hydrogens (primary N) is 1. The number of nitrogen functional groups attached to an aromatic ring is 1. The van der Waals surface area contributed by atoms with Crippen LogP contribution in [0.3, 0.4) is 0 Å². The van der Waals surface area contributed by atoms with E-state index in [9.17, 15) is 0 Å². The van der Waals surface area contributed by atoms with Gasteiger partial charge < -0.3 is 10.5 Å². The van der Waals surface area contributed by atoms with E-state index in [1.54, 1.807) is 0 Å². The summed E-state index contributed by atoms with van der Waals surface area (Å²) in [7, 11) is 0. The molecule has 1 aliphatic rings. The highest BCUT2D eigenvalue weighted by Crippen LogP contribution is 2.31. The molecule has 1 aromatic carbocycles. The summed E-state index contributed by atoms with van der Waals surface area (Å²) in [5.41, 5.74) is 9.05. The molecule has 2 aromatic rings. The molecule has 5 heteroatoms. The van der Waals surface area contributed by atoms with Gasteiger partial charge in [0, 0.05) is 12.0 Å². The van der Waals surface area contributed by atoms with Crippen LogP contribution in [0.2, 0.25) is 0 Å². The number of halogens is 1. The van der Waals surface area contributed by atoms with Crippen LogP contribution in [0.1, 0.15) is 18.2 Å². The molecule has 3 rings (SSSR count). The standard InChI is InChI=1S/C14H14BrN3O/c1-2-10-12(15)13(16)18-14(17-10)9-3-4-11-8(7-9)5-6-19-11/h3-4,7H,2,5-6H2,1H3,(H2,16,17,18). The first-order valence-electron chi connectivity index (χ1n) is 6.27. The molecule has 4 nitrogen and oxygen atoms in total. The molecule has 0 radical (unpaired) electrons. The van der Waals surface area contributed by atoms with Gasteiger partial charge in [-0.1, -0.05) is 6.92 Å². The Bertz CT molecular complexity index is 643. The molecule has 0 aliphatic carbocycles. The summed E-state index contributed by atoms with van der Waals surface area (Å²) in [4.78, 5) is 8.92. The minimum atomic E-state index is 0.485. The normalized spacial score (nSPS) is 13.2. The van der Waals surface area contributed by atoms with Crippen molar-refractivity contribution in [2.45, 2.75) is 19.8 Å². The van der Waals surface area contributed by atoms with Gasteiger partial charge in [0.05, 0.1) is 16.8 Å². The van der Waals surface area contributed by atoms with E-state index in [4.69, 9.17) is 10.5 Å². The minimum absolute atomic E-state index is 0.485. The molecule has 0 spiro atoms. The minimum Gasteiger partial charge on any atom is -0.493 e. The van der Waals surface area contributed by atoms with Crippen LogP contribution < -0.4 is 10.5 Å². The number of hydrogen-bond acceptors (Lipinski definition) is 4. The van der Waals surface area contributed by atoms with E-state index >= 15 is 0 Å². The van der Waals surface area contributed by atoms with Crippen molar-refractivity contribution in [3.8, 4) is 17.1 Å². The highest BCUT2D eigenvalue weighted by Gasteiger charge is 2.15. The maximum atomic E-state index is 5.92. The summed E-state index contributed by atoms with van der Waals surface area (Å²) < 4.78 is 6.30. The largest absolute Gasteiger partial charge is 0.493 e. The van der Waals surface area contributed by atoms with Crippen LogP contribution in [-0.4, -0.2) is 16.6 Å². The molecule has 0 saturated heterocycles. The number of nitrogens with zero attached hydrogens (tertiary/aromatic N) is 2. The zero-order valence-electron chi connectivity index (χ0n) is 10.6. The number of aryl methyl sites for hydroxylation is 1. The molecule has 0 saturated carbocycles. The Labute approximate surface area is 120 Å². The molecule has 0 unspecified atom stereocenters. The van der Waals surface area contributed by atoms with Crippen LogP contribution in [0.5, 0.6) is 5.75 Å². The summed E-state index contributed by atoms with van der Waals surface area (Å²) in [5.74, 6) is 2.12. The van der Waals surface area contributed by atoms with Gasteiger partial charge >= 0.3 is 0 Å². The third-order valence-electron chi connectivity index (χ3n) is 3.23. The van der Waals surface area contributed by atoms with Crippen LogP contribution in [-0.2, 0) is 12.8 Å². The first kappa shape index (κ1) is 12.4. The van der Waals surface area contributed by atoms with Gasteiger partial charge in [-0.25, -0.2) is 9.97 Å². The maximum absolute atomic E-state index is 5.92. The van der Waals surface area contributed by atoms with Crippen molar-refractivity contribution in [1.29, 1.82) is 0 Å². The molecule has 0 amide bonds. The lowest BCUT2D eigenvalue weighted by Crippen LogP contribution is -2.02. The van der Waals surface area contributed by atoms with Gasteiger partial charge in [0.25, 0.3) is 0 Å². The molecule has 2 N–H and O–H groups in total. The fourth-order valence-electron chi connectivity index (χ4n) is 2.20. The molecule has 1 aliphatic heterocycles. The second-order valence-electron chi connectivity index (χ2n) is 4.47. The van der Waals surface area contributed by atoms with Gasteiger partial charge in [-0.2, -0.15) is 0 Å². The fraction of sp³-hybridized carbons (Fsp3) is 0.286. The van der Waals surface area contributed by atoms with E-state index < -0.39 is 0 Å². The third kappa shape index (κ3) is 2.18. The number of fused-ring (bicyclic) bond motifs is 1. The van der Waals surface area contributed by atoms with Crippen LogP contribution >= 0.6 is 15.9 Å². The monoisotopic (exact) mass is 319 g/mol. The second-order valence-corrected chi connectivity index (χ2v) is 5.26. The first-order valence-corrected chi connectivity index (χ1v) is 7.06. The molecule has 98 valence electrons. The molecular weight excluding hydrogens is 306 g/mol. The van der Waals surface area contributed by atoms with E-state index in [-0.39, 0.29) is 0 Å². The SMILES string of the molecule is CCc1nc(-c2ccc3c(c2)CCO3)nc(N)c1Br. The van der Waals surface area contributed by atoms with Crippen molar-refractivity contribution < 1.29 is 4.74 Å². The molecule has 0 fully saturated rings. The number of rotatable bonds is 2. The third-order valence-corrected chi connectivity index (χ3v) is 4.09. The van der Waals surface area contributed by atoms with Gasteiger partial charge in [0.2, 0.25) is 0 Å². The average Bonchev–Trinajstić information content (AvgIpc) is 2.89. The number of benzene rings is 1. The van der Waals surface area contributed by atoms with E-state index in [1.165, 1.54) is 5.56 Å². The van der Waals surface area contributed by atoms with Gasteiger partial charge in [0.1, 0.15) is 11.6 Å². The Hall–Kier alpha value is -1.62. The molecule has 0 atom stereocenters. The number of hydrogen-bond donors (Lipinski definition) is 1. The lowest BCUT2D eigenvalue weighted by Gasteiger charge is -2.08. The van der Waals surface area contributed by atoms with Gasteiger partial charge in [-0.3, -0.25) is 0 Å². The van der Waals surface area contributed by atoms with E-state index in [0.29, 0.717) is 11.6 Å². The van der Waals surface area contributed by atoms with Crippen LogP contribution in [0.15, 0.2) is 22.7 Å². The summed E-state index contributed by atoms with van der Waals surface area (Å²) in [6, 6.07) is 6.04. The Kier molecular flexibility index (Phi) is 3.14. The second kappa shape index (κ2) is 4.81. The van der Waals surface area contributed by atoms with Crippen molar-refractivity contribution in [1.82, 2.24) is 9.97 Å². The summed E-state index contributed by atoms with van der Waals surface area (Å²) in [6.45, 7) is 2.80. The lowest BCUT2D eigenvalue weighted by atomic mass is 10.1. The van der Waals surface area contributed by atoms with Crippen molar-refractivity contribution in [2.75, 3.05) is 12.3 Å². The highest BCUT2D eigenvalue weighted by atomic mass is 79.9. The topological polar surface area (TPSA) is 61.0 Å². The zero-order valence-corrected chi connectivity index (χ0v) is 12.2. The highest BCUT2D eigenvalue weighted by molar-refractivity contribution is 9.10. The van der Waals surface area contributed by atoms with Crippen LogP contribution in [0.4, 0.5) is 5.82 Å². The molecule has 1 aromatic heterocycles.